The highest BCUT2D eigenvalue weighted by molar-refractivity contribution is 4.95. The molecule has 0 amide bonds. The fraction of sp³-hybridized carbons (Fsp3) is 0.778. The number of nitrogens with two attached hydrogens (primary N) is 2. The smallest absolute Gasteiger partial charge is 0.0879 e. The van der Waals surface area contributed by atoms with Crippen molar-refractivity contribution in [1.29, 1.82) is 0 Å². The molecule has 0 heterocycles. The first-order chi connectivity index (χ1) is 5.93. The van der Waals surface area contributed by atoms with E-state index in [-0.39, 0.29) is 12.1 Å². The van der Waals surface area contributed by atoms with Gasteiger partial charge >= 0.3 is 0 Å². The van der Waals surface area contributed by atoms with Gasteiger partial charge in [0.15, 0.2) is 0 Å². The van der Waals surface area contributed by atoms with Gasteiger partial charge < -0.3 is 15.5 Å². The molecule has 0 unspecified atom stereocenters. The van der Waals surface area contributed by atoms with Crippen LogP contribution in [0.4, 0.5) is 0 Å². The van der Waals surface area contributed by atoms with Crippen molar-refractivity contribution in [1.82, 2.24) is 5.01 Å². The Morgan fingerprint density at radius 1 is 1.38 bits per heavy atom. The van der Waals surface area contributed by atoms with Gasteiger partial charge in [-0.3, -0.25) is 0 Å². The normalized spacial score (nSPS) is 12.7. The fourth-order valence-electron chi connectivity index (χ4n) is 0.641. The quantitative estimate of drug-likeness (QED) is 0.493. The summed E-state index contributed by atoms with van der Waals surface area (Å²) >= 11 is 0. The van der Waals surface area contributed by atoms with E-state index in [1.165, 1.54) is 0 Å². The van der Waals surface area contributed by atoms with Crippen molar-refractivity contribution in [3.05, 3.63) is 11.9 Å². The van der Waals surface area contributed by atoms with E-state index in [1.807, 2.05) is 27.7 Å². The highest BCUT2D eigenvalue weighted by Crippen LogP contribution is 1.96. The van der Waals surface area contributed by atoms with Crippen molar-refractivity contribution in [3.63, 3.8) is 0 Å². The van der Waals surface area contributed by atoms with Crippen LogP contribution in [-0.4, -0.2) is 23.8 Å². The largest absolute Gasteiger partial charge is 0.399 e. The molecule has 0 rings (SSSR count). The number of nitrogens with zero attached hydrogens (tertiary/aromatic N) is 1. The summed E-state index contributed by atoms with van der Waals surface area (Å²) in [4.78, 5) is 0. The van der Waals surface area contributed by atoms with Crippen LogP contribution in [0.5, 0.6) is 0 Å². The maximum Gasteiger partial charge on any atom is 0.0879 e. The molecule has 0 radical (unpaired) electrons. The molecular formula is C9H21N3O. The molecule has 0 bridgehead atoms. The number of hydrazine groups is 1. The zero-order valence-corrected chi connectivity index (χ0v) is 8.95. The van der Waals surface area contributed by atoms with Crippen molar-refractivity contribution in [2.75, 3.05) is 6.61 Å². The number of hydrogen-bond donors (Lipinski definition) is 2. The van der Waals surface area contributed by atoms with E-state index in [2.05, 4.69) is 0 Å². The summed E-state index contributed by atoms with van der Waals surface area (Å²) in [6, 6.07) is 0.248. The fourth-order valence-corrected chi connectivity index (χ4v) is 0.641. The van der Waals surface area contributed by atoms with Gasteiger partial charge in [0.25, 0.3) is 0 Å². The molecule has 0 aromatic carbocycles. The summed E-state index contributed by atoms with van der Waals surface area (Å²) in [6.07, 6.45) is 1.89. The van der Waals surface area contributed by atoms with Crippen molar-refractivity contribution in [2.45, 2.75) is 39.8 Å². The van der Waals surface area contributed by atoms with Crippen molar-refractivity contribution in [3.8, 4) is 0 Å². The Kier molecular flexibility index (Phi) is 5.50. The first-order valence-corrected chi connectivity index (χ1v) is 4.54. The molecular weight excluding hydrogens is 166 g/mol. The third-order valence-electron chi connectivity index (χ3n) is 1.49. The van der Waals surface area contributed by atoms with E-state index in [0.717, 1.165) is 0 Å². The van der Waals surface area contributed by atoms with Gasteiger partial charge in [-0.2, -0.15) is 0 Å². The second-order valence-corrected chi connectivity index (χ2v) is 3.60. The lowest BCUT2D eigenvalue weighted by Crippen LogP contribution is -2.33. The molecule has 4 nitrogen and oxygen atoms in total. The predicted molar refractivity (Wildman–Crippen MR) is 54.5 cm³/mol. The maximum atomic E-state index is 5.68. The minimum Gasteiger partial charge on any atom is -0.399 e. The van der Waals surface area contributed by atoms with Gasteiger partial charge in [-0.15, -0.1) is 0 Å². The number of rotatable bonds is 5. The lowest BCUT2D eigenvalue weighted by molar-refractivity contribution is 0.0954. The molecule has 13 heavy (non-hydrogen) atoms. The van der Waals surface area contributed by atoms with E-state index in [9.17, 15) is 0 Å². The van der Waals surface area contributed by atoms with Crippen LogP contribution in [0.25, 0.3) is 0 Å². The highest BCUT2D eigenvalue weighted by atomic mass is 16.5. The minimum absolute atomic E-state index is 0.192. The molecule has 4 N–H and O–H groups in total. The highest BCUT2D eigenvalue weighted by Gasteiger charge is 2.00. The van der Waals surface area contributed by atoms with Crippen LogP contribution in [0, 0.1) is 0 Å². The van der Waals surface area contributed by atoms with E-state index in [0.29, 0.717) is 12.3 Å². The van der Waals surface area contributed by atoms with E-state index < -0.39 is 0 Å². The molecule has 4 heteroatoms. The van der Waals surface area contributed by atoms with Crippen molar-refractivity contribution >= 4 is 0 Å². The molecule has 0 aromatic heterocycles. The Bertz CT molecular complexity index is 166. The molecule has 0 atom stereocenters. The van der Waals surface area contributed by atoms with Crippen molar-refractivity contribution < 1.29 is 4.74 Å². The summed E-state index contributed by atoms with van der Waals surface area (Å²) in [5.74, 6) is 5.65. The van der Waals surface area contributed by atoms with E-state index in [1.54, 1.807) is 11.2 Å². The zero-order valence-electron chi connectivity index (χ0n) is 8.95. The average Bonchev–Trinajstić information content (AvgIpc) is 2.00. The van der Waals surface area contributed by atoms with Crippen LogP contribution in [0.1, 0.15) is 27.7 Å². The predicted octanol–water partition coefficient (Wildman–Crippen LogP) is 0.796. The molecule has 0 saturated heterocycles. The lowest BCUT2D eigenvalue weighted by Gasteiger charge is -2.19. The molecule has 0 aliphatic carbocycles. The molecule has 0 fully saturated rings. The number of ether oxygens (including phenoxy) is 1. The standard InChI is InChI=1S/C9H21N3O/c1-7(2)12(11)5-9(10)6-13-8(3)4/h5,7-8H,6,10-11H2,1-4H3/b9-5-. The van der Waals surface area contributed by atoms with Gasteiger partial charge in [0.2, 0.25) is 0 Å². The summed E-state index contributed by atoms with van der Waals surface area (Å²) in [5, 5.41) is 1.57. The van der Waals surface area contributed by atoms with Gasteiger partial charge in [0.05, 0.1) is 18.4 Å². The van der Waals surface area contributed by atoms with Crippen LogP contribution < -0.4 is 11.6 Å². The summed E-state index contributed by atoms with van der Waals surface area (Å²) in [5.41, 5.74) is 6.32. The molecule has 0 aliphatic rings. The van der Waals surface area contributed by atoms with Crippen LogP contribution in [0.2, 0.25) is 0 Å². The molecule has 78 valence electrons. The second-order valence-electron chi connectivity index (χ2n) is 3.60. The van der Waals surface area contributed by atoms with Gasteiger partial charge in [0.1, 0.15) is 0 Å². The monoisotopic (exact) mass is 187 g/mol. The Morgan fingerprint density at radius 2 is 1.92 bits per heavy atom. The van der Waals surface area contributed by atoms with Gasteiger partial charge in [-0.05, 0) is 27.7 Å². The topological polar surface area (TPSA) is 64.5 Å². The maximum absolute atomic E-state index is 5.68. The summed E-state index contributed by atoms with van der Waals surface area (Å²) < 4.78 is 5.31. The Hall–Kier alpha value is -0.740. The van der Waals surface area contributed by atoms with Gasteiger partial charge in [-0.25, -0.2) is 5.84 Å². The molecule has 0 spiro atoms. The lowest BCUT2D eigenvalue weighted by atomic mass is 10.4. The SMILES string of the molecule is CC(C)OC/C(N)=C/N(N)C(C)C. The Labute approximate surface area is 80.5 Å². The zero-order chi connectivity index (χ0) is 10.4. The number of hydrogen-bond acceptors (Lipinski definition) is 4. The first-order valence-electron chi connectivity index (χ1n) is 4.54. The van der Waals surface area contributed by atoms with Crippen LogP contribution >= 0.6 is 0 Å². The third kappa shape index (κ3) is 6.42. The van der Waals surface area contributed by atoms with Crippen LogP contribution in [0.15, 0.2) is 11.9 Å². The van der Waals surface area contributed by atoms with Crippen LogP contribution in [0.3, 0.4) is 0 Å². The van der Waals surface area contributed by atoms with Crippen molar-refractivity contribution in [2.24, 2.45) is 11.6 Å². The molecule has 0 aliphatic heterocycles. The Balaban J connectivity index is 3.87. The third-order valence-corrected chi connectivity index (χ3v) is 1.49. The Morgan fingerprint density at radius 3 is 2.31 bits per heavy atom. The van der Waals surface area contributed by atoms with Crippen LogP contribution in [-0.2, 0) is 4.74 Å². The van der Waals surface area contributed by atoms with Gasteiger partial charge in [0, 0.05) is 12.2 Å². The minimum atomic E-state index is 0.192. The molecule has 0 aromatic rings. The molecule has 0 saturated carbocycles. The first kappa shape index (κ1) is 12.3. The summed E-state index contributed by atoms with van der Waals surface area (Å²) in [6.45, 7) is 8.35. The van der Waals surface area contributed by atoms with E-state index >= 15 is 0 Å². The average molecular weight is 187 g/mol. The second kappa shape index (κ2) is 5.83. The summed E-state index contributed by atoms with van der Waals surface area (Å²) in [7, 11) is 0. The van der Waals surface area contributed by atoms with Gasteiger partial charge in [-0.1, -0.05) is 0 Å². The van der Waals surface area contributed by atoms with E-state index in [4.69, 9.17) is 16.3 Å².